The zero-order chi connectivity index (χ0) is 14.8. The molecular formula is C16H18FNO3. The van der Waals surface area contributed by atoms with Gasteiger partial charge in [-0.1, -0.05) is 0 Å². The molecule has 0 bridgehead atoms. The topological polar surface area (TPSA) is 49.8 Å². The predicted molar refractivity (Wildman–Crippen MR) is 76.3 cm³/mol. The molecule has 1 fully saturated rings. The number of fused-ring (bicyclic) bond motifs is 1. The van der Waals surface area contributed by atoms with Crippen molar-refractivity contribution in [1.29, 1.82) is 0 Å². The third kappa shape index (κ3) is 2.93. The Labute approximate surface area is 122 Å². The number of amides is 1. The number of hydrogen-bond acceptors (Lipinski definition) is 3. The molecule has 1 saturated heterocycles. The van der Waals surface area contributed by atoms with E-state index in [2.05, 4.69) is 0 Å². The first-order valence-electron chi connectivity index (χ1n) is 7.20. The molecule has 1 unspecified atom stereocenters. The molecule has 1 amide bonds. The van der Waals surface area contributed by atoms with E-state index < -0.39 is 0 Å². The largest absolute Gasteiger partial charge is 0.488 e. The average molecular weight is 291 g/mol. The first-order chi connectivity index (χ1) is 10.2. The van der Waals surface area contributed by atoms with Gasteiger partial charge in [0.05, 0.1) is 5.57 Å². The number of nitrogens with zero attached hydrogens (tertiary/aromatic N) is 1. The van der Waals surface area contributed by atoms with E-state index in [0.29, 0.717) is 30.0 Å². The van der Waals surface area contributed by atoms with E-state index in [-0.39, 0.29) is 30.9 Å². The van der Waals surface area contributed by atoms with Crippen LogP contribution in [0.25, 0.3) is 6.08 Å². The van der Waals surface area contributed by atoms with Gasteiger partial charge in [-0.05, 0) is 43.0 Å². The molecule has 1 N–H and O–H groups in total. The quantitative estimate of drug-likeness (QED) is 0.904. The molecule has 0 aromatic heterocycles. The number of benzene rings is 1. The monoisotopic (exact) mass is 291 g/mol. The fourth-order valence-corrected chi connectivity index (χ4v) is 2.87. The highest BCUT2D eigenvalue weighted by Gasteiger charge is 2.27. The van der Waals surface area contributed by atoms with Crippen LogP contribution >= 0.6 is 0 Å². The molecule has 0 spiro atoms. The van der Waals surface area contributed by atoms with Crippen LogP contribution in [0.2, 0.25) is 0 Å². The minimum absolute atomic E-state index is 0.0805. The van der Waals surface area contributed by atoms with E-state index >= 15 is 0 Å². The summed E-state index contributed by atoms with van der Waals surface area (Å²) in [4.78, 5) is 14.3. The summed E-state index contributed by atoms with van der Waals surface area (Å²) < 4.78 is 18.8. The molecule has 21 heavy (non-hydrogen) atoms. The highest BCUT2D eigenvalue weighted by molar-refractivity contribution is 5.99. The van der Waals surface area contributed by atoms with Gasteiger partial charge in [0.25, 0.3) is 5.91 Å². The summed E-state index contributed by atoms with van der Waals surface area (Å²) >= 11 is 0. The standard InChI is InChI=1S/C16H18FNO3/c17-14-3-4-15-12(7-14)6-13(10-21-15)16(20)18-5-1-2-11(8-18)9-19/h3-4,6-7,11,19H,1-2,5,8-10H2. The molecule has 1 aromatic rings. The Hall–Kier alpha value is -1.88. The van der Waals surface area contributed by atoms with Crippen LogP contribution < -0.4 is 4.74 Å². The van der Waals surface area contributed by atoms with Crippen LogP contribution in [0.4, 0.5) is 4.39 Å². The normalized spacial score (nSPS) is 21.3. The molecule has 2 aliphatic heterocycles. The van der Waals surface area contributed by atoms with Gasteiger partial charge in [0.15, 0.2) is 0 Å². The second kappa shape index (κ2) is 5.85. The zero-order valence-corrected chi connectivity index (χ0v) is 11.7. The number of carbonyl (C=O) groups is 1. The van der Waals surface area contributed by atoms with Crippen molar-refractivity contribution in [2.45, 2.75) is 12.8 Å². The smallest absolute Gasteiger partial charge is 0.253 e. The van der Waals surface area contributed by atoms with Crippen molar-refractivity contribution >= 4 is 12.0 Å². The third-order valence-corrected chi connectivity index (χ3v) is 4.02. The maximum Gasteiger partial charge on any atom is 0.253 e. The molecule has 2 heterocycles. The van der Waals surface area contributed by atoms with Crippen LogP contribution in [0.1, 0.15) is 18.4 Å². The molecule has 1 atom stereocenters. The maximum absolute atomic E-state index is 13.3. The number of aliphatic hydroxyl groups is 1. The molecule has 3 rings (SSSR count). The lowest BCUT2D eigenvalue weighted by Gasteiger charge is -2.33. The van der Waals surface area contributed by atoms with E-state index in [0.717, 1.165) is 12.8 Å². The summed E-state index contributed by atoms with van der Waals surface area (Å²) in [5.41, 5.74) is 1.13. The highest BCUT2D eigenvalue weighted by Crippen LogP contribution is 2.28. The van der Waals surface area contributed by atoms with Crippen molar-refractivity contribution in [3.8, 4) is 5.75 Å². The second-order valence-corrected chi connectivity index (χ2v) is 5.58. The first-order valence-corrected chi connectivity index (χ1v) is 7.20. The van der Waals surface area contributed by atoms with E-state index in [1.165, 1.54) is 12.1 Å². The number of ether oxygens (including phenoxy) is 1. The minimum atomic E-state index is -0.347. The summed E-state index contributed by atoms with van der Waals surface area (Å²) in [5, 5.41) is 9.24. The molecule has 1 aromatic carbocycles. The Morgan fingerprint density at radius 3 is 3.14 bits per heavy atom. The fraction of sp³-hybridized carbons (Fsp3) is 0.438. The van der Waals surface area contributed by atoms with Crippen molar-refractivity contribution in [3.63, 3.8) is 0 Å². The SMILES string of the molecule is O=C(C1=Cc2cc(F)ccc2OC1)N1CCCC(CO)C1. The van der Waals surface area contributed by atoms with Crippen molar-refractivity contribution in [2.24, 2.45) is 5.92 Å². The van der Waals surface area contributed by atoms with Crippen LogP contribution in [0.5, 0.6) is 5.75 Å². The number of halogens is 1. The molecule has 5 heteroatoms. The van der Waals surface area contributed by atoms with Crippen LogP contribution in [0.15, 0.2) is 23.8 Å². The van der Waals surface area contributed by atoms with E-state index in [1.807, 2.05) is 0 Å². The predicted octanol–water partition coefficient (Wildman–Crippen LogP) is 1.83. The van der Waals surface area contributed by atoms with Crippen LogP contribution in [0.3, 0.4) is 0 Å². The van der Waals surface area contributed by atoms with E-state index in [4.69, 9.17) is 4.74 Å². The number of piperidine rings is 1. The third-order valence-electron chi connectivity index (χ3n) is 4.02. The lowest BCUT2D eigenvalue weighted by atomic mass is 9.98. The Kier molecular flexibility index (Phi) is 3.92. The molecule has 4 nitrogen and oxygen atoms in total. The van der Waals surface area contributed by atoms with Crippen molar-refractivity contribution in [2.75, 3.05) is 26.3 Å². The van der Waals surface area contributed by atoms with Gasteiger partial charge in [0, 0.05) is 25.3 Å². The van der Waals surface area contributed by atoms with Gasteiger partial charge in [-0.25, -0.2) is 4.39 Å². The van der Waals surface area contributed by atoms with Gasteiger partial charge in [0.2, 0.25) is 0 Å². The number of hydrogen-bond donors (Lipinski definition) is 1. The van der Waals surface area contributed by atoms with Gasteiger partial charge in [-0.15, -0.1) is 0 Å². The number of rotatable bonds is 2. The molecule has 0 aliphatic carbocycles. The van der Waals surface area contributed by atoms with Gasteiger partial charge in [-0.3, -0.25) is 4.79 Å². The molecule has 0 saturated carbocycles. The number of likely N-dealkylation sites (tertiary alicyclic amines) is 1. The maximum atomic E-state index is 13.3. The van der Waals surface area contributed by atoms with Crippen LogP contribution in [0, 0.1) is 11.7 Å². The van der Waals surface area contributed by atoms with Crippen molar-refractivity contribution in [3.05, 3.63) is 35.2 Å². The van der Waals surface area contributed by atoms with Crippen LogP contribution in [-0.4, -0.2) is 42.2 Å². The van der Waals surface area contributed by atoms with Gasteiger partial charge in [-0.2, -0.15) is 0 Å². The number of aliphatic hydroxyl groups excluding tert-OH is 1. The average Bonchev–Trinajstić information content (AvgIpc) is 2.53. The minimum Gasteiger partial charge on any atom is -0.488 e. The molecular weight excluding hydrogens is 273 g/mol. The van der Waals surface area contributed by atoms with Crippen molar-refractivity contribution in [1.82, 2.24) is 4.90 Å². The number of carbonyl (C=O) groups excluding carboxylic acids is 1. The van der Waals surface area contributed by atoms with Gasteiger partial charge >= 0.3 is 0 Å². The Morgan fingerprint density at radius 2 is 2.33 bits per heavy atom. The summed E-state index contributed by atoms with van der Waals surface area (Å²) in [6, 6.07) is 4.29. The zero-order valence-electron chi connectivity index (χ0n) is 11.7. The summed E-state index contributed by atoms with van der Waals surface area (Å²) in [6.07, 6.45) is 3.55. The Morgan fingerprint density at radius 1 is 1.48 bits per heavy atom. The van der Waals surface area contributed by atoms with E-state index in [1.54, 1.807) is 17.0 Å². The Bertz CT molecular complexity index is 585. The Balaban J connectivity index is 1.79. The fourth-order valence-electron chi connectivity index (χ4n) is 2.87. The molecule has 112 valence electrons. The van der Waals surface area contributed by atoms with Gasteiger partial charge < -0.3 is 14.7 Å². The molecule has 0 radical (unpaired) electrons. The second-order valence-electron chi connectivity index (χ2n) is 5.58. The van der Waals surface area contributed by atoms with E-state index in [9.17, 15) is 14.3 Å². The summed E-state index contributed by atoms with van der Waals surface area (Å²) in [7, 11) is 0. The lowest BCUT2D eigenvalue weighted by molar-refractivity contribution is -0.129. The molecule has 2 aliphatic rings. The first kappa shape index (κ1) is 14.1. The van der Waals surface area contributed by atoms with Gasteiger partial charge in [0.1, 0.15) is 18.2 Å². The van der Waals surface area contributed by atoms with Crippen molar-refractivity contribution < 1.29 is 19.0 Å². The summed E-state index contributed by atoms with van der Waals surface area (Å²) in [6.45, 7) is 1.58. The lowest BCUT2D eigenvalue weighted by Crippen LogP contribution is -2.42. The highest BCUT2D eigenvalue weighted by atomic mass is 19.1. The summed E-state index contributed by atoms with van der Waals surface area (Å²) in [5.74, 6) is 0.320. The van der Waals surface area contributed by atoms with Crippen LogP contribution in [-0.2, 0) is 4.79 Å².